The molecule has 0 aromatic heterocycles. The molecule has 0 heterocycles. The van der Waals surface area contributed by atoms with E-state index in [0.29, 0.717) is 12.7 Å². The Bertz CT molecular complexity index is 202. The third-order valence-corrected chi connectivity index (χ3v) is 3.05. The van der Waals surface area contributed by atoms with E-state index in [-0.39, 0.29) is 5.92 Å². The third kappa shape index (κ3) is 4.18. The normalized spacial score (nSPS) is 22.3. The number of carbonyl (C=O) groups is 1. The molecule has 1 fully saturated rings. The van der Waals surface area contributed by atoms with Crippen LogP contribution in [0.15, 0.2) is 0 Å². The lowest BCUT2D eigenvalue weighted by atomic mass is 9.97. The monoisotopic (exact) mass is 215 g/mol. The number of hydrogen-bond donors (Lipinski definition) is 2. The number of nitrogens with two attached hydrogens (primary N) is 1. The van der Waals surface area contributed by atoms with Crippen LogP contribution in [-0.2, 0) is 9.53 Å². The molecule has 1 unspecified atom stereocenters. The molecule has 1 aliphatic carbocycles. The summed E-state index contributed by atoms with van der Waals surface area (Å²) in [6.45, 7) is 2.28. The third-order valence-electron chi connectivity index (χ3n) is 3.05. The second kappa shape index (κ2) is 6.08. The predicted octanol–water partition coefficient (Wildman–Crippen LogP) is 1.38. The molecule has 2 atom stereocenters. The molecule has 1 rings (SSSR count). The summed E-state index contributed by atoms with van der Waals surface area (Å²) in [6, 6.07) is -0.811. The standard InChI is InChI=1S/C11H21NO3/c1-8(10(12)11(13)14)7-15-9-5-3-2-4-6-9/h8-10H,2-7,12H2,1H3,(H,13,14)/t8?,10-/m0/s1. The fourth-order valence-corrected chi connectivity index (χ4v) is 1.87. The Balaban J connectivity index is 2.20. The summed E-state index contributed by atoms with van der Waals surface area (Å²) in [7, 11) is 0. The van der Waals surface area contributed by atoms with Crippen molar-refractivity contribution in [3.05, 3.63) is 0 Å². The predicted molar refractivity (Wildman–Crippen MR) is 57.6 cm³/mol. The van der Waals surface area contributed by atoms with Crippen LogP contribution in [-0.4, -0.2) is 29.8 Å². The largest absolute Gasteiger partial charge is 0.480 e. The van der Waals surface area contributed by atoms with E-state index in [0.717, 1.165) is 12.8 Å². The highest BCUT2D eigenvalue weighted by Crippen LogP contribution is 2.21. The zero-order valence-electron chi connectivity index (χ0n) is 9.32. The second-order valence-electron chi connectivity index (χ2n) is 4.43. The van der Waals surface area contributed by atoms with Crippen molar-refractivity contribution in [1.82, 2.24) is 0 Å². The zero-order valence-corrected chi connectivity index (χ0v) is 9.32. The van der Waals surface area contributed by atoms with Gasteiger partial charge in [-0.15, -0.1) is 0 Å². The maximum atomic E-state index is 10.6. The summed E-state index contributed by atoms with van der Waals surface area (Å²) in [6.07, 6.45) is 6.28. The first-order chi connectivity index (χ1) is 7.11. The molecule has 0 aromatic carbocycles. The van der Waals surface area contributed by atoms with Gasteiger partial charge < -0.3 is 15.6 Å². The summed E-state index contributed by atoms with van der Waals surface area (Å²) < 4.78 is 5.67. The Morgan fingerprint density at radius 2 is 2.07 bits per heavy atom. The average molecular weight is 215 g/mol. The van der Waals surface area contributed by atoms with Crippen molar-refractivity contribution in [1.29, 1.82) is 0 Å². The molecular weight excluding hydrogens is 194 g/mol. The fourth-order valence-electron chi connectivity index (χ4n) is 1.87. The van der Waals surface area contributed by atoms with Crippen LogP contribution in [0.5, 0.6) is 0 Å². The zero-order chi connectivity index (χ0) is 11.3. The van der Waals surface area contributed by atoms with Crippen molar-refractivity contribution in [2.24, 2.45) is 11.7 Å². The molecule has 88 valence electrons. The van der Waals surface area contributed by atoms with Gasteiger partial charge in [0, 0.05) is 5.92 Å². The Kier molecular flexibility index (Phi) is 5.05. The van der Waals surface area contributed by atoms with Crippen LogP contribution in [0.2, 0.25) is 0 Å². The summed E-state index contributed by atoms with van der Waals surface area (Å²) in [5, 5.41) is 8.71. The molecule has 1 saturated carbocycles. The molecule has 0 radical (unpaired) electrons. The number of hydrogen-bond acceptors (Lipinski definition) is 3. The highest BCUT2D eigenvalue weighted by atomic mass is 16.5. The van der Waals surface area contributed by atoms with Crippen LogP contribution < -0.4 is 5.73 Å². The fraction of sp³-hybridized carbons (Fsp3) is 0.909. The molecule has 15 heavy (non-hydrogen) atoms. The Morgan fingerprint density at radius 1 is 1.47 bits per heavy atom. The lowest BCUT2D eigenvalue weighted by Crippen LogP contribution is -2.39. The van der Waals surface area contributed by atoms with Crippen LogP contribution in [0.25, 0.3) is 0 Å². The topological polar surface area (TPSA) is 72.5 Å². The summed E-state index contributed by atoms with van der Waals surface area (Å²) >= 11 is 0. The van der Waals surface area contributed by atoms with Gasteiger partial charge in [-0.05, 0) is 12.8 Å². The van der Waals surface area contributed by atoms with Gasteiger partial charge >= 0.3 is 5.97 Å². The van der Waals surface area contributed by atoms with Crippen molar-refractivity contribution in [3.8, 4) is 0 Å². The van der Waals surface area contributed by atoms with Crippen molar-refractivity contribution in [2.75, 3.05) is 6.61 Å². The van der Waals surface area contributed by atoms with Crippen LogP contribution in [0, 0.1) is 5.92 Å². The van der Waals surface area contributed by atoms with Gasteiger partial charge in [-0.25, -0.2) is 0 Å². The number of carboxylic acid groups (broad SMARTS) is 1. The minimum atomic E-state index is -0.949. The van der Waals surface area contributed by atoms with Gasteiger partial charge in [-0.2, -0.15) is 0 Å². The first-order valence-corrected chi connectivity index (χ1v) is 5.71. The Morgan fingerprint density at radius 3 is 2.60 bits per heavy atom. The second-order valence-corrected chi connectivity index (χ2v) is 4.43. The Labute approximate surface area is 90.8 Å². The number of carboxylic acids is 1. The first-order valence-electron chi connectivity index (χ1n) is 5.71. The van der Waals surface area contributed by atoms with Gasteiger partial charge in [-0.1, -0.05) is 26.2 Å². The quantitative estimate of drug-likeness (QED) is 0.726. The smallest absolute Gasteiger partial charge is 0.320 e. The van der Waals surface area contributed by atoms with Crippen LogP contribution in [0.3, 0.4) is 0 Å². The maximum absolute atomic E-state index is 10.6. The maximum Gasteiger partial charge on any atom is 0.320 e. The van der Waals surface area contributed by atoms with Gasteiger partial charge in [0.15, 0.2) is 0 Å². The molecular formula is C11H21NO3. The molecule has 1 aliphatic rings. The van der Waals surface area contributed by atoms with E-state index in [4.69, 9.17) is 15.6 Å². The van der Waals surface area contributed by atoms with Crippen molar-refractivity contribution in [2.45, 2.75) is 51.2 Å². The van der Waals surface area contributed by atoms with Gasteiger partial charge in [0.1, 0.15) is 6.04 Å². The highest BCUT2D eigenvalue weighted by Gasteiger charge is 2.22. The number of aliphatic carboxylic acids is 1. The first kappa shape index (κ1) is 12.5. The highest BCUT2D eigenvalue weighted by molar-refractivity contribution is 5.73. The van der Waals surface area contributed by atoms with E-state index in [1.165, 1.54) is 19.3 Å². The van der Waals surface area contributed by atoms with Crippen LogP contribution >= 0.6 is 0 Å². The summed E-state index contributed by atoms with van der Waals surface area (Å²) in [5.74, 6) is -1.07. The minimum absolute atomic E-state index is 0.121. The molecule has 4 heteroatoms. The molecule has 4 nitrogen and oxygen atoms in total. The molecule has 0 aromatic rings. The Hall–Kier alpha value is -0.610. The van der Waals surface area contributed by atoms with E-state index in [2.05, 4.69) is 0 Å². The summed E-state index contributed by atoms with van der Waals surface area (Å²) in [4.78, 5) is 10.6. The lowest BCUT2D eigenvalue weighted by molar-refractivity contribution is -0.140. The number of ether oxygens (including phenoxy) is 1. The molecule has 0 aliphatic heterocycles. The SMILES string of the molecule is CC(COC1CCCCC1)[C@H](N)C(=O)O. The summed E-state index contributed by atoms with van der Waals surface area (Å²) in [5.41, 5.74) is 5.50. The molecule has 0 saturated heterocycles. The van der Waals surface area contributed by atoms with E-state index in [1.54, 1.807) is 0 Å². The van der Waals surface area contributed by atoms with Crippen LogP contribution in [0.4, 0.5) is 0 Å². The van der Waals surface area contributed by atoms with E-state index < -0.39 is 12.0 Å². The van der Waals surface area contributed by atoms with Gasteiger partial charge in [-0.3, -0.25) is 4.79 Å². The van der Waals surface area contributed by atoms with E-state index in [1.807, 2.05) is 6.92 Å². The van der Waals surface area contributed by atoms with Gasteiger partial charge in [0.25, 0.3) is 0 Å². The van der Waals surface area contributed by atoms with Gasteiger partial charge in [0.05, 0.1) is 12.7 Å². The molecule has 0 amide bonds. The lowest BCUT2D eigenvalue weighted by Gasteiger charge is -2.24. The minimum Gasteiger partial charge on any atom is -0.480 e. The molecule has 0 spiro atoms. The van der Waals surface area contributed by atoms with Gasteiger partial charge in [0.2, 0.25) is 0 Å². The number of rotatable bonds is 5. The average Bonchev–Trinajstić information content (AvgIpc) is 2.26. The van der Waals surface area contributed by atoms with E-state index in [9.17, 15) is 4.79 Å². The van der Waals surface area contributed by atoms with Crippen molar-refractivity contribution >= 4 is 5.97 Å². The molecule has 3 N–H and O–H groups in total. The van der Waals surface area contributed by atoms with Crippen molar-refractivity contribution < 1.29 is 14.6 Å². The van der Waals surface area contributed by atoms with E-state index >= 15 is 0 Å². The van der Waals surface area contributed by atoms with Crippen molar-refractivity contribution in [3.63, 3.8) is 0 Å². The van der Waals surface area contributed by atoms with Crippen LogP contribution in [0.1, 0.15) is 39.0 Å². The molecule has 0 bridgehead atoms.